The van der Waals surface area contributed by atoms with Crippen LogP contribution in [0.3, 0.4) is 0 Å². The van der Waals surface area contributed by atoms with Crippen LogP contribution in [0.5, 0.6) is 11.5 Å². The van der Waals surface area contributed by atoms with Crippen molar-refractivity contribution >= 4 is 33.5 Å². The summed E-state index contributed by atoms with van der Waals surface area (Å²) in [6.45, 7) is 10.6. The van der Waals surface area contributed by atoms with Gasteiger partial charge in [-0.25, -0.2) is 9.59 Å². The van der Waals surface area contributed by atoms with Crippen molar-refractivity contribution in [1.82, 2.24) is 0 Å². The normalized spacial score (nSPS) is 10.9. The third-order valence-corrected chi connectivity index (χ3v) is 7.51. The molecule has 0 bridgehead atoms. The smallest absolute Gasteiger partial charge is 0.338 e. The monoisotopic (exact) mass is 574 g/mol. The molecular formula is C40H30O4. The van der Waals surface area contributed by atoms with Crippen molar-refractivity contribution in [3.8, 4) is 44.9 Å². The van der Waals surface area contributed by atoms with Crippen molar-refractivity contribution in [3.05, 3.63) is 146 Å². The number of carbonyl (C=O) groups is 2. The van der Waals surface area contributed by atoms with E-state index in [4.69, 9.17) is 9.47 Å². The predicted octanol–water partition coefficient (Wildman–Crippen LogP) is 9.96. The van der Waals surface area contributed by atoms with Gasteiger partial charge in [-0.3, -0.25) is 0 Å². The van der Waals surface area contributed by atoms with Crippen LogP contribution in [-0.4, -0.2) is 11.9 Å². The minimum absolute atomic E-state index is 0.358. The number of rotatable bonds is 7. The fraction of sp³-hybridized carbons (Fsp3) is 0.0500. The molecule has 6 aromatic carbocycles. The minimum Gasteiger partial charge on any atom is -0.423 e. The maximum absolute atomic E-state index is 12.0. The van der Waals surface area contributed by atoms with Gasteiger partial charge < -0.3 is 9.47 Å². The maximum atomic E-state index is 12.0. The molecule has 0 heterocycles. The Morgan fingerprint density at radius 2 is 0.795 bits per heavy atom. The molecule has 0 fully saturated rings. The predicted molar refractivity (Wildman–Crippen MR) is 179 cm³/mol. The van der Waals surface area contributed by atoms with Gasteiger partial charge in [-0.2, -0.15) is 0 Å². The first kappa shape index (κ1) is 28.4. The molecule has 0 radical (unpaired) electrons. The summed E-state index contributed by atoms with van der Waals surface area (Å²) in [7, 11) is 0. The van der Waals surface area contributed by atoms with Gasteiger partial charge in [-0.1, -0.05) is 98.1 Å². The molecule has 6 rings (SSSR count). The van der Waals surface area contributed by atoms with Gasteiger partial charge in [0.15, 0.2) is 0 Å². The summed E-state index contributed by atoms with van der Waals surface area (Å²) in [5, 5.41) is 4.05. The van der Waals surface area contributed by atoms with Crippen molar-refractivity contribution in [2.24, 2.45) is 0 Å². The SMILES string of the molecule is C=C(C)C(=O)Oc1ccc2cc(-c3ccccc3-c3ccccc3-c3ccc4cc(OC(=O)C(=C)C)ccc4c3)ccc2c1. The van der Waals surface area contributed by atoms with Crippen LogP contribution in [0.25, 0.3) is 54.9 Å². The highest BCUT2D eigenvalue weighted by Gasteiger charge is 2.14. The average Bonchev–Trinajstić information content (AvgIpc) is 3.04. The van der Waals surface area contributed by atoms with Crippen LogP contribution in [0.15, 0.2) is 146 Å². The Bertz CT molecular complexity index is 1970. The fourth-order valence-electron chi connectivity index (χ4n) is 5.24. The molecule has 0 aromatic heterocycles. The molecule has 0 amide bonds. The topological polar surface area (TPSA) is 52.6 Å². The zero-order chi connectivity index (χ0) is 30.8. The summed E-state index contributed by atoms with van der Waals surface area (Å²) < 4.78 is 10.9. The van der Waals surface area contributed by atoms with E-state index in [0.717, 1.165) is 54.9 Å². The lowest BCUT2D eigenvalue weighted by molar-refractivity contribution is -0.130. The van der Waals surface area contributed by atoms with E-state index >= 15 is 0 Å². The van der Waals surface area contributed by atoms with Crippen molar-refractivity contribution < 1.29 is 19.1 Å². The Balaban J connectivity index is 1.37. The zero-order valence-corrected chi connectivity index (χ0v) is 24.6. The largest absolute Gasteiger partial charge is 0.423 e. The molecule has 0 unspecified atom stereocenters. The molecule has 0 N–H and O–H groups in total. The first-order valence-electron chi connectivity index (χ1n) is 14.3. The summed E-state index contributed by atoms with van der Waals surface area (Å²) in [6, 6.07) is 40.8. The number of esters is 2. The molecule has 4 heteroatoms. The summed E-state index contributed by atoms with van der Waals surface area (Å²) in [5.74, 6) is 0.113. The maximum Gasteiger partial charge on any atom is 0.338 e. The first-order valence-corrected chi connectivity index (χ1v) is 14.3. The summed E-state index contributed by atoms with van der Waals surface area (Å²) in [5.41, 5.74) is 7.37. The van der Waals surface area contributed by atoms with Crippen LogP contribution < -0.4 is 9.47 Å². The second-order valence-corrected chi connectivity index (χ2v) is 10.9. The third kappa shape index (κ3) is 5.79. The van der Waals surface area contributed by atoms with Gasteiger partial charge in [-0.05, 0) is 105 Å². The van der Waals surface area contributed by atoms with Gasteiger partial charge in [0, 0.05) is 11.1 Å². The molecule has 0 aliphatic rings. The van der Waals surface area contributed by atoms with Gasteiger partial charge in [0.25, 0.3) is 0 Å². The lowest BCUT2D eigenvalue weighted by atomic mass is 9.88. The van der Waals surface area contributed by atoms with Crippen LogP contribution in [-0.2, 0) is 9.59 Å². The van der Waals surface area contributed by atoms with E-state index in [2.05, 4.69) is 98.1 Å². The molecule has 4 nitrogen and oxygen atoms in total. The van der Waals surface area contributed by atoms with Crippen LogP contribution >= 0.6 is 0 Å². The first-order chi connectivity index (χ1) is 21.3. The Hall–Kier alpha value is -5.74. The molecule has 0 atom stereocenters. The van der Waals surface area contributed by atoms with Gasteiger partial charge in [0.05, 0.1) is 0 Å². The Labute approximate surface area is 256 Å². The van der Waals surface area contributed by atoms with E-state index in [1.165, 1.54) is 0 Å². The van der Waals surface area contributed by atoms with Crippen molar-refractivity contribution in [1.29, 1.82) is 0 Å². The minimum atomic E-state index is -0.436. The second-order valence-electron chi connectivity index (χ2n) is 10.9. The molecule has 0 aliphatic carbocycles. The van der Waals surface area contributed by atoms with Crippen LogP contribution in [0.4, 0.5) is 0 Å². The van der Waals surface area contributed by atoms with E-state index in [1.54, 1.807) is 26.0 Å². The van der Waals surface area contributed by atoms with Gasteiger partial charge >= 0.3 is 11.9 Å². The third-order valence-electron chi connectivity index (χ3n) is 7.51. The highest BCUT2D eigenvalue weighted by molar-refractivity contribution is 5.97. The number of hydrogen-bond donors (Lipinski definition) is 0. The van der Waals surface area contributed by atoms with Crippen molar-refractivity contribution in [2.75, 3.05) is 0 Å². The second kappa shape index (κ2) is 11.9. The van der Waals surface area contributed by atoms with E-state index < -0.39 is 11.9 Å². The van der Waals surface area contributed by atoms with Crippen molar-refractivity contribution in [3.63, 3.8) is 0 Å². The number of fused-ring (bicyclic) bond motifs is 2. The Kier molecular flexibility index (Phi) is 7.65. The highest BCUT2D eigenvalue weighted by Crippen LogP contribution is 2.40. The Morgan fingerprint density at radius 1 is 0.455 bits per heavy atom. The van der Waals surface area contributed by atoms with E-state index in [9.17, 15) is 9.59 Å². The summed E-state index contributed by atoms with van der Waals surface area (Å²) in [4.78, 5) is 24.0. The van der Waals surface area contributed by atoms with E-state index in [1.807, 2.05) is 24.3 Å². The highest BCUT2D eigenvalue weighted by atomic mass is 16.5. The molecule has 0 aliphatic heterocycles. The number of hydrogen-bond acceptors (Lipinski definition) is 4. The zero-order valence-electron chi connectivity index (χ0n) is 24.6. The van der Waals surface area contributed by atoms with Crippen LogP contribution in [0.1, 0.15) is 13.8 Å². The average molecular weight is 575 g/mol. The van der Waals surface area contributed by atoms with Gasteiger partial charge in [-0.15, -0.1) is 0 Å². The van der Waals surface area contributed by atoms with Gasteiger partial charge in [0.2, 0.25) is 0 Å². The number of ether oxygens (including phenoxy) is 2. The lowest BCUT2D eigenvalue weighted by Gasteiger charge is -2.16. The summed E-state index contributed by atoms with van der Waals surface area (Å²) in [6.07, 6.45) is 0. The van der Waals surface area contributed by atoms with Crippen LogP contribution in [0.2, 0.25) is 0 Å². The summed E-state index contributed by atoms with van der Waals surface area (Å²) >= 11 is 0. The molecule has 6 aromatic rings. The lowest BCUT2D eigenvalue weighted by Crippen LogP contribution is -2.07. The quantitative estimate of drug-likeness (QED) is 0.108. The Morgan fingerprint density at radius 3 is 1.18 bits per heavy atom. The molecule has 214 valence electrons. The van der Waals surface area contributed by atoms with Crippen LogP contribution in [0, 0.1) is 0 Å². The molecule has 0 spiro atoms. The number of benzene rings is 6. The molecule has 44 heavy (non-hydrogen) atoms. The standard InChI is InChI=1S/C40H30O4/c1-25(2)39(41)43-33-19-17-27-21-31(15-13-29(27)23-33)35-9-5-7-11-37(35)38-12-8-6-10-36(38)32-16-14-30-24-34(20-18-28(30)22-32)44-40(42)26(3)4/h5-24H,1,3H2,2,4H3. The van der Waals surface area contributed by atoms with E-state index in [0.29, 0.717) is 22.6 Å². The van der Waals surface area contributed by atoms with E-state index in [-0.39, 0.29) is 0 Å². The van der Waals surface area contributed by atoms with Gasteiger partial charge in [0.1, 0.15) is 11.5 Å². The molecule has 0 saturated carbocycles. The fourth-order valence-corrected chi connectivity index (χ4v) is 5.24. The van der Waals surface area contributed by atoms with Crippen molar-refractivity contribution in [2.45, 2.75) is 13.8 Å². The number of carbonyl (C=O) groups excluding carboxylic acids is 2. The molecule has 0 saturated heterocycles. The molecular weight excluding hydrogens is 544 g/mol.